The minimum absolute atomic E-state index is 0.00609. The van der Waals surface area contributed by atoms with Crippen molar-refractivity contribution in [3.05, 3.63) is 24.3 Å². The summed E-state index contributed by atoms with van der Waals surface area (Å²) in [5, 5.41) is 12.4. The standard InChI is InChI=1S/C18H28N2O3/c1-3-23-16-8-5-4-7-15(16)19-17(22)9-12-20-11-6-10-18(2,13-20)14-21/h4-5,7-8,21H,3,6,9-14H2,1-2H3,(H,19,22). The Labute approximate surface area is 138 Å². The first-order valence-corrected chi connectivity index (χ1v) is 8.41. The van der Waals surface area contributed by atoms with Gasteiger partial charge >= 0.3 is 0 Å². The van der Waals surface area contributed by atoms with Crippen molar-refractivity contribution in [3.63, 3.8) is 0 Å². The number of amides is 1. The Balaban J connectivity index is 1.84. The van der Waals surface area contributed by atoms with Gasteiger partial charge in [-0.05, 0) is 38.4 Å². The molecule has 1 heterocycles. The van der Waals surface area contributed by atoms with Gasteiger partial charge in [-0.1, -0.05) is 19.1 Å². The number of anilines is 1. The Hall–Kier alpha value is -1.59. The third kappa shape index (κ3) is 5.22. The fourth-order valence-corrected chi connectivity index (χ4v) is 3.07. The summed E-state index contributed by atoms with van der Waals surface area (Å²) >= 11 is 0. The molecule has 1 aromatic rings. The number of ether oxygens (including phenoxy) is 1. The second kappa shape index (κ2) is 8.31. The van der Waals surface area contributed by atoms with Crippen molar-refractivity contribution in [3.8, 4) is 5.75 Å². The number of nitrogens with zero attached hydrogens (tertiary/aromatic N) is 1. The van der Waals surface area contributed by atoms with Crippen LogP contribution in [0.1, 0.15) is 33.1 Å². The quantitative estimate of drug-likeness (QED) is 0.810. The van der Waals surface area contributed by atoms with Crippen molar-refractivity contribution in [2.45, 2.75) is 33.1 Å². The largest absolute Gasteiger partial charge is 0.492 e. The first-order chi connectivity index (χ1) is 11.1. The molecule has 0 aromatic heterocycles. The summed E-state index contributed by atoms with van der Waals surface area (Å²) in [4.78, 5) is 14.5. The molecular formula is C18H28N2O3. The number of benzene rings is 1. The van der Waals surface area contributed by atoms with Crippen LogP contribution in [0, 0.1) is 5.41 Å². The molecule has 5 nitrogen and oxygen atoms in total. The van der Waals surface area contributed by atoms with Crippen LogP contribution in [0.2, 0.25) is 0 Å². The van der Waals surface area contributed by atoms with Crippen LogP contribution in [-0.4, -0.2) is 48.8 Å². The van der Waals surface area contributed by atoms with Crippen LogP contribution in [0.25, 0.3) is 0 Å². The Kier molecular flexibility index (Phi) is 6.42. The van der Waals surface area contributed by atoms with Gasteiger partial charge < -0.3 is 20.1 Å². The maximum Gasteiger partial charge on any atom is 0.225 e. The highest BCUT2D eigenvalue weighted by molar-refractivity contribution is 5.92. The van der Waals surface area contributed by atoms with Gasteiger partial charge in [0.1, 0.15) is 5.75 Å². The van der Waals surface area contributed by atoms with Crippen LogP contribution < -0.4 is 10.1 Å². The van der Waals surface area contributed by atoms with Crippen LogP contribution in [0.15, 0.2) is 24.3 Å². The van der Waals surface area contributed by atoms with Crippen molar-refractivity contribution in [1.29, 1.82) is 0 Å². The lowest BCUT2D eigenvalue weighted by Gasteiger charge is -2.39. The Morgan fingerprint density at radius 2 is 2.22 bits per heavy atom. The molecule has 1 aromatic carbocycles. The van der Waals surface area contributed by atoms with Crippen molar-refractivity contribution < 1.29 is 14.6 Å². The van der Waals surface area contributed by atoms with E-state index in [-0.39, 0.29) is 17.9 Å². The Morgan fingerprint density at radius 1 is 1.43 bits per heavy atom. The average Bonchev–Trinajstić information content (AvgIpc) is 2.55. The molecule has 0 saturated carbocycles. The molecule has 2 rings (SSSR count). The highest BCUT2D eigenvalue weighted by Gasteiger charge is 2.30. The van der Waals surface area contributed by atoms with E-state index in [1.165, 1.54) is 0 Å². The Morgan fingerprint density at radius 3 is 2.96 bits per heavy atom. The number of aliphatic hydroxyl groups is 1. The molecule has 1 unspecified atom stereocenters. The van der Waals surface area contributed by atoms with Gasteiger partial charge in [-0.25, -0.2) is 0 Å². The number of likely N-dealkylation sites (tertiary alicyclic amines) is 1. The molecule has 1 amide bonds. The summed E-state index contributed by atoms with van der Waals surface area (Å²) in [5.41, 5.74) is 0.689. The molecule has 1 aliphatic heterocycles. The van der Waals surface area contributed by atoms with Crippen LogP contribution in [0.5, 0.6) is 5.75 Å². The van der Waals surface area contributed by atoms with E-state index in [1.807, 2.05) is 31.2 Å². The summed E-state index contributed by atoms with van der Waals surface area (Å²) < 4.78 is 5.52. The number of hydrogen-bond acceptors (Lipinski definition) is 4. The Bertz CT molecular complexity index is 521. The van der Waals surface area contributed by atoms with Gasteiger partial charge in [0.05, 0.1) is 12.3 Å². The predicted octanol–water partition coefficient (Wildman–Crippen LogP) is 2.51. The zero-order valence-corrected chi connectivity index (χ0v) is 14.2. The molecule has 1 aliphatic rings. The maximum atomic E-state index is 12.2. The van der Waals surface area contributed by atoms with Gasteiger partial charge in [-0.2, -0.15) is 0 Å². The maximum absolute atomic E-state index is 12.2. The van der Waals surface area contributed by atoms with E-state index in [1.54, 1.807) is 0 Å². The van der Waals surface area contributed by atoms with E-state index in [0.717, 1.165) is 38.2 Å². The molecular weight excluding hydrogens is 292 g/mol. The van der Waals surface area contributed by atoms with Crippen molar-refractivity contribution >= 4 is 11.6 Å². The van der Waals surface area contributed by atoms with Gasteiger partial charge in [0.25, 0.3) is 0 Å². The van der Waals surface area contributed by atoms with Crippen LogP contribution in [0.3, 0.4) is 0 Å². The molecule has 1 atom stereocenters. The van der Waals surface area contributed by atoms with Crippen LogP contribution in [0.4, 0.5) is 5.69 Å². The second-order valence-electron chi connectivity index (χ2n) is 6.58. The van der Waals surface area contributed by atoms with Crippen LogP contribution >= 0.6 is 0 Å². The van der Waals surface area contributed by atoms with Crippen molar-refractivity contribution in [2.75, 3.05) is 38.2 Å². The third-order valence-corrected chi connectivity index (χ3v) is 4.36. The number of aliphatic hydroxyl groups excluding tert-OH is 1. The molecule has 1 fully saturated rings. The highest BCUT2D eigenvalue weighted by atomic mass is 16.5. The number of para-hydroxylation sites is 2. The highest BCUT2D eigenvalue weighted by Crippen LogP contribution is 2.29. The van der Waals surface area contributed by atoms with Gasteiger partial charge in [0.15, 0.2) is 0 Å². The van der Waals surface area contributed by atoms with E-state index in [9.17, 15) is 9.90 Å². The smallest absolute Gasteiger partial charge is 0.225 e. The summed E-state index contributed by atoms with van der Waals surface area (Å²) in [6.07, 6.45) is 2.57. The number of carbonyl (C=O) groups excluding carboxylic acids is 1. The second-order valence-corrected chi connectivity index (χ2v) is 6.58. The molecule has 0 aliphatic carbocycles. The zero-order valence-electron chi connectivity index (χ0n) is 14.2. The van der Waals surface area contributed by atoms with Crippen molar-refractivity contribution in [1.82, 2.24) is 4.90 Å². The lowest BCUT2D eigenvalue weighted by atomic mass is 9.83. The fourth-order valence-electron chi connectivity index (χ4n) is 3.07. The van der Waals surface area contributed by atoms with Gasteiger partial charge in [-0.3, -0.25) is 4.79 Å². The number of nitrogens with one attached hydrogen (secondary N) is 1. The molecule has 1 saturated heterocycles. The third-order valence-electron chi connectivity index (χ3n) is 4.36. The number of piperidine rings is 1. The van der Waals surface area contributed by atoms with Crippen molar-refractivity contribution in [2.24, 2.45) is 5.41 Å². The number of carbonyl (C=O) groups is 1. The lowest BCUT2D eigenvalue weighted by molar-refractivity contribution is -0.116. The number of hydrogen-bond donors (Lipinski definition) is 2. The van der Waals surface area contributed by atoms with Gasteiger partial charge in [0.2, 0.25) is 5.91 Å². The molecule has 0 radical (unpaired) electrons. The minimum atomic E-state index is -0.0315. The van der Waals surface area contributed by atoms with E-state index >= 15 is 0 Å². The molecule has 23 heavy (non-hydrogen) atoms. The van der Waals surface area contributed by atoms with E-state index in [0.29, 0.717) is 18.8 Å². The van der Waals surface area contributed by atoms with E-state index in [4.69, 9.17) is 4.74 Å². The summed E-state index contributed by atoms with van der Waals surface area (Å²) in [7, 11) is 0. The van der Waals surface area contributed by atoms with Crippen LogP contribution in [-0.2, 0) is 4.79 Å². The summed E-state index contributed by atoms with van der Waals surface area (Å²) in [6, 6.07) is 7.49. The summed E-state index contributed by atoms with van der Waals surface area (Å²) in [6.45, 7) is 7.38. The van der Waals surface area contributed by atoms with Gasteiger partial charge in [0, 0.05) is 31.5 Å². The fraction of sp³-hybridized carbons (Fsp3) is 0.611. The predicted molar refractivity (Wildman–Crippen MR) is 91.7 cm³/mol. The molecule has 128 valence electrons. The summed E-state index contributed by atoms with van der Waals surface area (Å²) in [5.74, 6) is 0.697. The zero-order chi connectivity index (χ0) is 16.7. The van der Waals surface area contributed by atoms with Gasteiger partial charge in [-0.15, -0.1) is 0 Å². The number of rotatable bonds is 7. The molecule has 0 bridgehead atoms. The topological polar surface area (TPSA) is 61.8 Å². The molecule has 2 N–H and O–H groups in total. The average molecular weight is 320 g/mol. The van der Waals surface area contributed by atoms with E-state index in [2.05, 4.69) is 17.1 Å². The first-order valence-electron chi connectivity index (χ1n) is 8.41. The normalized spacial score (nSPS) is 21.9. The SMILES string of the molecule is CCOc1ccccc1NC(=O)CCN1CCCC(C)(CO)C1. The first kappa shape index (κ1) is 17.8. The van der Waals surface area contributed by atoms with E-state index < -0.39 is 0 Å². The lowest BCUT2D eigenvalue weighted by Crippen LogP contribution is -2.44. The molecule has 5 heteroatoms. The minimum Gasteiger partial charge on any atom is -0.492 e. The molecule has 0 spiro atoms. The monoisotopic (exact) mass is 320 g/mol.